The van der Waals surface area contributed by atoms with Gasteiger partial charge < -0.3 is 5.32 Å². The van der Waals surface area contributed by atoms with Crippen LogP contribution in [0.2, 0.25) is 0 Å². The molecule has 1 aliphatic heterocycles. The molecule has 0 radical (unpaired) electrons. The fourth-order valence-corrected chi connectivity index (χ4v) is 8.04. The van der Waals surface area contributed by atoms with Gasteiger partial charge in [-0.3, -0.25) is 4.79 Å². The minimum absolute atomic E-state index is 0.143. The van der Waals surface area contributed by atoms with Gasteiger partial charge in [0.15, 0.2) is 15.0 Å². The van der Waals surface area contributed by atoms with Gasteiger partial charge in [0.1, 0.15) is 4.90 Å². The van der Waals surface area contributed by atoms with E-state index in [0.717, 1.165) is 31.2 Å². The van der Waals surface area contributed by atoms with Crippen LogP contribution in [0.4, 0.5) is 5.13 Å². The fourth-order valence-electron chi connectivity index (χ4n) is 3.92. The number of amides is 1. The van der Waals surface area contributed by atoms with Crippen molar-refractivity contribution < 1.29 is 21.6 Å². The van der Waals surface area contributed by atoms with Crippen LogP contribution in [0, 0.1) is 5.92 Å². The summed E-state index contributed by atoms with van der Waals surface area (Å²) in [6.45, 7) is 0.319. The second-order valence-corrected chi connectivity index (χ2v) is 12.6. The zero-order valence-corrected chi connectivity index (χ0v) is 18.9. The fraction of sp³-hybridized carbons (Fsp3) is 0.474. The normalized spacial score (nSPS) is 18.3. The molecular formula is C19H23N3O5S3. The molecule has 2 aliphatic rings. The Labute approximate surface area is 180 Å². The van der Waals surface area contributed by atoms with Gasteiger partial charge in [-0.2, -0.15) is 4.31 Å². The molecule has 30 heavy (non-hydrogen) atoms. The van der Waals surface area contributed by atoms with Crippen LogP contribution in [-0.2, 0) is 37.5 Å². The molecule has 2 heterocycles. The lowest BCUT2D eigenvalue weighted by molar-refractivity contribution is -0.120. The Morgan fingerprint density at radius 3 is 2.40 bits per heavy atom. The number of thiazole rings is 1. The van der Waals surface area contributed by atoms with E-state index in [2.05, 4.69) is 10.3 Å². The summed E-state index contributed by atoms with van der Waals surface area (Å²) in [6, 6.07) is 5.62. The largest absolute Gasteiger partial charge is 0.302 e. The summed E-state index contributed by atoms with van der Waals surface area (Å²) >= 11 is 1.51. The summed E-state index contributed by atoms with van der Waals surface area (Å²) in [4.78, 5) is 17.9. The summed E-state index contributed by atoms with van der Waals surface area (Å²) in [5, 5.41) is 3.49. The maximum absolute atomic E-state index is 13.1. The zero-order chi connectivity index (χ0) is 21.5. The lowest BCUT2D eigenvalue weighted by Crippen LogP contribution is -2.41. The van der Waals surface area contributed by atoms with Gasteiger partial charge >= 0.3 is 0 Å². The van der Waals surface area contributed by atoms with Crippen molar-refractivity contribution in [1.82, 2.24) is 9.29 Å². The van der Waals surface area contributed by atoms with Crippen LogP contribution in [0.3, 0.4) is 0 Å². The maximum atomic E-state index is 13.1. The van der Waals surface area contributed by atoms with Gasteiger partial charge in [-0.1, -0.05) is 12.1 Å². The summed E-state index contributed by atoms with van der Waals surface area (Å²) in [5.41, 5.74) is 1.07. The Morgan fingerprint density at radius 1 is 1.10 bits per heavy atom. The van der Waals surface area contributed by atoms with Crippen molar-refractivity contribution in [3.63, 3.8) is 0 Å². The lowest BCUT2D eigenvalue weighted by atomic mass is 9.97. The molecule has 1 aromatic heterocycles. The number of anilines is 1. The molecule has 2 aromatic rings. The zero-order valence-electron chi connectivity index (χ0n) is 16.5. The number of carbonyl (C=O) groups excluding carboxylic acids is 1. The number of aromatic nitrogens is 1. The molecule has 0 spiro atoms. The van der Waals surface area contributed by atoms with Gasteiger partial charge in [-0.25, -0.2) is 21.8 Å². The summed E-state index contributed by atoms with van der Waals surface area (Å²) in [5.74, 6) is -0.448. The van der Waals surface area contributed by atoms with Crippen molar-refractivity contribution in [3.8, 4) is 0 Å². The number of fused-ring (bicyclic) bond motifs is 1. The Balaban J connectivity index is 1.43. The molecule has 0 atom stereocenters. The molecule has 1 saturated heterocycles. The van der Waals surface area contributed by atoms with Crippen LogP contribution in [-0.4, -0.2) is 51.4 Å². The molecule has 8 nitrogen and oxygen atoms in total. The highest BCUT2D eigenvalue weighted by Gasteiger charge is 2.34. The predicted octanol–water partition coefficient (Wildman–Crippen LogP) is 2.07. The van der Waals surface area contributed by atoms with Crippen molar-refractivity contribution in [2.24, 2.45) is 5.92 Å². The number of nitrogens with one attached hydrogen (secondary N) is 1. The number of hydrogen-bond donors (Lipinski definition) is 1. The first-order chi connectivity index (χ1) is 14.2. The maximum Gasteiger partial charge on any atom is 0.244 e. The molecule has 1 fully saturated rings. The third kappa shape index (κ3) is 4.16. The van der Waals surface area contributed by atoms with Crippen molar-refractivity contribution >= 4 is 42.2 Å². The van der Waals surface area contributed by atoms with Gasteiger partial charge in [0, 0.05) is 30.1 Å². The average molecular weight is 470 g/mol. The molecule has 1 aliphatic carbocycles. The number of sulfonamides is 1. The van der Waals surface area contributed by atoms with E-state index in [1.807, 2.05) is 0 Å². The molecule has 11 heteroatoms. The van der Waals surface area contributed by atoms with Gasteiger partial charge in [-0.15, -0.1) is 11.3 Å². The highest BCUT2D eigenvalue weighted by molar-refractivity contribution is 7.93. The van der Waals surface area contributed by atoms with E-state index in [1.54, 1.807) is 0 Å². The molecule has 0 unspecified atom stereocenters. The third-order valence-corrected chi connectivity index (χ3v) is 9.83. The smallest absolute Gasteiger partial charge is 0.244 e. The van der Waals surface area contributed by atoms with Gasteiger partial charge in [0.25, 0.3) is 0 Å². The number of sulfone groups is 1. The van der Waals surface area contributed by atoms with E-state index < -0.39 is 19.9 Å². The molecule has 1 aromatic carbocycles. The van der Waals surface area contributed by atoms with Gasteiger partial charge in [0.05, 0.1) is 10.6 Å². The Hall–Kier alpha value is -1.82. The van der Waals surface area contributed by atoms with Crippen molar-refractivity contribution in [2.45, 2.75) is 41.9 Å². The number of aryl methyl sites for hydroxylation is 2. The SMILES string of the molecule is CS(=O)(=O)c1ccccc1S(=O)(=O)N1CCC(C(=O)Nc2nc3c(s2)CCC3)CC1. The van der Waals surface area contributed by atoms with Crippen LogP contribution in [0.15, 0.2) is 34.1 Å². The number of carbonyl (C=O) groups is 1. The molecule has 0 bridgehead atoms. The number of nitrogens with zero attached hydrogens (tertiary/aromatic N) is 2. The van der Waals surface area contributed by atoms with Crippen LogP contribution in [0.1, 0.15) is 29.8 Å². The first-order valence-corrected chi connectivity index (χ1v) is 13.9. The number of hydrogen-bond acceptors (Lipinski definition) is 7. The second kappa shape index (κ2) is 8.03. The lowest BCUT2D eigenvalue weighted by Gasteiger charge is -2.30. The number of benzene rings is 1. The van der Waals surface area contributed by atoms with E-state index in [1.165, 1.54) is 44.8 Å². The summed E-state index contributed by atoms with van der Waals surface area (Å²) in [6.07, 6.45) is 4.81. The van der Waals surface area contributed by atoms with Crippen molar-refractivity contribution in [2.75, 3.05) is 24.7 Å². The predicted molar refractivity (Wildman–Crippen MR) is 114 cm³/mol. The van der Waals surface area contributed by atoms with Crippen LogP contribution in [0.25, 0.3) is 0 Å². The monoisotopic (exact) mass is 469 g/mol. The van der Waals surface area contributed by atoms with E-state index in [4.69, 9.17) is 0 Å². The minimum Gasteiger partial charge on any atom is -0.302 e. The Kier molecular flexibility index (Phi) is 5.73. The molecule has 0 saturated carbocycles. The van der Waals surface area contributed by atoms with E-state index >= 15 is 0 Å². The van der Waals surface area contributed by atoms with Gasteiger partial charge in [-0.05, 0) is 44.2 Å². The standard InChI is InChI=1S/C19H23N3O5S3/c1-29(24,25)16-7-2-3-8-17(16)30(26,27)22-11-9-13(10-12-22)18(23)21-19-20-14-5-4-6-15(14)28-19/h2-3,7-8,13H,4-6,9-12H2,1H3,(H,20,21,23). The van der Waals surface area contributed by atoms with Crippen molar-refractivity contribution in [3.05, 3.63) is 34.8 Å². The van der Waals surface area contributed by atoms with E-state index in [-0.39, 0.29) is 34.7 Å². The number of piperidine rings is 1. The summed E-state index contributed by atoms with van der Waals surface area (Å²) in [7, 11) is -7.66. The van der Waals surface area contributed by atoms with Gasteiger partial charge in [0.2, 0.25) is 15.9 Å². The third-order valence-electron chi connectivity index (χ3n) is 5.52. The number of rotatable bonds is 5. The molecule has 162 valence electrons. The topological polar surface area (TPSA) is 114 Å². The first kappa shape index (κ1) is 21.4. The molecule has 4 rings (SSSR count). The second-order valence-electron chi connectivity index (χ2n) is 7.63. The van der Waals surface area contributed by atoms with E-state index in [9.17, 15) is 21.6 Å². The van der Waals surface area contributed by atoms with Crippen LogP contribution in [0.5, 0.6) is 0 Å². The quantitative estimate of drug-likeness (QED) is 0.717. The van der Waals surface area contributed by atoms with Crippen LogP contribution >= 0.6 is 11.3 Å². The highest BCUT2D eigenvalue weighted by Crippen LogP contribution is 2.32. The Morgan fingerprint density at radius 2 is 1.77 bits per heavy atom. The first-order valence-electron chi connectivity index (χ1n) is 9.75. The minimum atomic E-state index is -3.97. The highest BCUT2D eigenvalue weighted by atomic mass is 32.2. The Bertz CT molecular complexity index is 1160. The summed E-state index contributed by atoms with van der Waals surface area (Å²) < 4.78 is 51.4. The molecule has 1 N–H and O–H groups in total. The van der Waals surface area contributed by atoms with Crippen LogP contribution < -0.4 is 5.32 Å². The average Bonchev–Trinajstić information content (AvgIpc) is 3.29. The molecular weight excluding hydrogens is 446 g/mol. The molecule has 1 amide bonds. The van der Waals surface area contributed by atoms with Crippen molar-refractivity contribution in [1.29, 1.82) is 0 Å². The van der Waals surface area contributed by atoms with E-state index in [0.29, 0.717) is 18.0 Å².